The summed E-state index contributed by atoms with van der Waals surface area (Å²) < 4.78 is 0. The lowest BCUT2D eigenvalue weighted by molar-refractivity contribution is -0.118. The molecule has 0 fully saturated rings. The summed E-state index contributed by atoms with van der Waals surface area (Å²) in [5.74, 6) is -0.113. The molecular formula is C9H10N4OS. The molecule has 5 nitrogen and oxygen atoms in total. The van der Waals surface area contributed by atoms with E-state index in [1.165, 1.54) is 6.33 Å². The van der Waals surface area contributed by atoms with Gasteiger partial charge in [0.15, 0.2) is 0 Å². The van der Waals surface area contributed by atoms with Crippen molar-refractivity contribution >= 4 is 18.5 Å². The molecule has 1 aromatic heterocycles. The molecule has 78 valence electrons. The van der Waals surface area contributed by atoms with Crippen molar-refractivity contribution in [3.05, 3.63) is 36.1 Å². The summed E-state index contributed by atoms with van der Waals surface area (Å²) in [6, 6.07) is 0. The lowest BCUT2D eigenvalue weighted by atomic mass is 10.1. The Morgan fingerprint density at radius 3 is 2.80 bits per heavy atom. The lowest BCUT2D eigenvalue weighted by Gasteiger charge is -2.20. The van der Waals surface area contributed by atoms with Gasteiger partial charge in [-0.1, -0.05) is 0 Å². The van der Waals surface area contributed by atoms with Gasteiger partial charge in [0, 0.05) is 30.6 Å². The molecule has 2 heterocycles. The van der Waals surface area contributed by atoms with Crippen molar-refractivity contribution in [3.63, 3.8) is 0 Å². The van der Waals surface area contributed by atoms with Crippen LogP contribution >= 0.6 is 12.6 Å². The molecule has 0 radical (unpaired) electrons. The monoisotopic (exact) mass is 222 g/mol. The SMILES string of the molecule is O=C1NC(S)NC=C1Cc1cncnc1. The maximum absolute atomic E-state index is 11.5. The van der Waals surface area contributed by atoms with Crippen LogP contribution in [0.1, 0.15) is 5.56 Å². The van der Waals surface area contributed by atoms with Crippen LogP contribution in [0.3, 0.4) is 0 Å². The molecule has 1 atom stereocenters. The maximum Gasteiger partial charge on any atom is 0.251 e. The predicted octanol–water partition coefficient (Wildman–Crippen LogP) is -0.164. The quantitative estimate of drug-likeness (QED) is 0.608. The van der Waals surface area contributed by atoms with E-state index in [0.29, 0.717) is 12.0 Å². The van der Waals surface area contributed by atoms with E-state index in [1.807, 2.05) is 0 Å². The summed E-state index contributed by atoms with van der Waals surface area (Å²) in [7, 11) is 0. The number of amides is 1. The van der Waals surface area contributed by atoms with Crippen LogP contribution in [0.25, 0.3) is 0 Å². The van der Waals surface area contributed by atoms with Gasteiger partial charge in [-0.3, -0.25) is 4.79 Å². The first kappa shape index (κ1) is 9.97. The van der Waals surface area contributed by atoms with Crippen LogP contribution in [0, 0.1) is 0 Å². The molecule has 0 saturated heterocycles. The van der Waals surface area contributed by atoms with Crippen LogP contribution in [0.2, 0.25) is 0 Å². The van der Waals surface area contributed by atoms with Gasteiger partial charge < -0.3 is 10.6 Å². The van der Waals surface area contributed by atoms with Crippen molar-refractivity contribution in [3.8, 4) is 0 Å². The lowest BCUT2D eigenvalue weighted by Crippen LogP contribution is -2.44. The first-order valence-electron chi connectivity index (χ1n) is 4.43. The number of aromatic nitrogens is 2. The highest BCUT2D eigenvalue weighted by molar-refractivity contribution is 7.80. The van der Waals surface area contributed by atoms with Crippen molar-refractivity contribution in [1.29, 1.82) is 0 Å². The number of rotatable bonds is 2. The topological polar surface area (TPSA) is 66.9 Å². The van der Waals surface area contributed by atoms with E-state index in [2.05, 4.69) is 33.2 Å². The standard InChI is InChI=1S/C9H10N4OS/c14-8-7(4-12-9(15)13-8)1-6-2-10-5-11-3-6/h2-5,9,12,15H,1H2,(H,13,14). The maximum atomic E-state index is 11.5. The molecule has 2 rings (SSSR count). The number of thiol groups is 1. The third-order valence-electron chi connectivity index (χ3n) is 1.98. The van der Waals surface area contributed by atoms with Crippen molar-refractivity contribution in [2.75, 3.05) is 0 Å². The van der Waals surface area contributed by atoms with E-state index in [9.17, 15) is 4.79 Å². The molecule has 0 bridgehead atoms. The Kier molecular flexibility index (Phi) is 2.86. The molecule has 2 N–H and O–H groups in total. The Balaban J connectivity index is 2.10. The van der Waals surface area contributed by atoms with Gasteiger partial charge in [0.1, 0.15) is 11.8 Å². The average Bonchev–Trinajstić information content (AvgIpc) is 2.24. The summed E-state index contributed by atoms with van der Waals surface area (Å²) in [5, 5.41) is 5.57. The Bertz CT molecular complexity index is 392. The third kappa shape index (κ3) is 2.47. The number of nitrogens with zero attached hydrogens (tertiary/aromatic N) is 2. The van der Waals surface area contributed by atoms with Crippen molar-refractivity contribution in [2.45, 2.75) is 11.9 Å². The Morgan fingerprint density at radius 1 is 1.40 bits per heavy atom. The molecular weight excluding hydrogens is 212 g/mol. The molecule has 1 aliphatic heterocycles. The smallest absolute Gasteiger partial charge is 0.251 e. The van der Waals surface area contributed by atoms with E-state index < -0.39 is 0 Å². The fraction of sp³-hybridized carbons (Fsp3) is 0.222. The van der Waals surface area contributed by atoms with Gasteiger partial charge in [-0.25, -0.2) is 9.97 Å². The van der Waals surface area contributed by atoms with Gasteiger partial charge in [0.05, 0.1) is 0 Å². The van der Waals surface area contributed by atoms with Crippen molar-refractivity contribution in [1.82, 2.24) is 20.6 Å². The molecule has 0 saturated carbocycles. The normalized spacial score (nSPS) is 20.2. The summed E-state index contributed by atoms with van der Waals surface area (Å²) in [5.41, 5.74) is 1.24. The molecule has 0 aromatic carbocycles. The summed E-state index contributed by atoms with van der Waals surface area (Å²) in [6.07, 6.45) is 7.02. The fourth-order valence-corrected chi connectivity index (χ4v) is 1.47. The molecule has 1 amide bonds. The van der Waals surface area contributed by atoms with Crippen molar-refractivity contribution < 1.29 is 4.79 Å². The van der Waals surface area contributed by atoms with Crippen LogP contribution in [0.15, 0.2) is 30.5 Å². The number of nitrogens with one attached hydrogen (secondary N) is 2. The number of carbonyl (C=O) groups excluding carboxylic acids is 1. The fourth-order valence-electron chi connectivity index (χ4n) is 1.28. The minimum absolute atomic E-state index is 0.113. The van der Waals surface area contributed by atoms with Gasteiger partial charge in [-0.15, -0.1) is 12.6 Å². The van der Waals surface area contributed by atoms with E-state index in [0.717, 1.165) is 5.56 Å². The molecule has 0 spiro atoms. The molecule has 0 aliphatic carbocycles. The highest BCUT2D eigenvalue weighted by Gasteiger charge is 2.17. The van der Waals surface area contributed by atoms with Crippen LogP contribution in [0.4, 0.5) is 0 Å². The second-order valence-electron chi connectivity index (χ2n) is 3.14. The van der Waals surface area contributed by atoms with Gasteiger partial charge in [-0.2, -0.15) is 0 Å². The highest BCUT2D eigenvalue weighted by Crippen LogP contribution is 2.08. The molecule has 1 unspecified atom stereocenters. The average molecular weight is 222 g/mol. The molecule has 15 heavy (non-hydrogen) atoms. The third-order valence-corrected chi connectivity index (χ3v) is 2.26. The number of hydrogen-bond donors (Lipinski definition) is 3. The summed E-state index contributed by atoms with van der Waals surface area (Å²) >= 11 is 4.08. The van der Waals surface area contributed by atoms with E-state index in [-0.39, 0.29) is 11.4 Å². The molecule has 1 aromatic rings. The zero-order valence-corrected chi connectivity index (χ0v) is 8.74. The van der Waals surface area contributed by atoms with Gasteiger partial charge in [-0.05, 0) is 5.56 Å². The van der Waals surface area contributed by atoms with Crippen LogP contribution in [-0.2, 0) is 11.2 Å². The zero-order chi connectivity index (χ0) is 10.7. The second-order valence-corrected chi connectivity index (χ2v) is 3.65. The largest absolute Gasteiger partial charge is 0.363 e. The van der Waals surface area contributed by atoms with Crippen LogP contribution < -0.4 is 10.6 Å². The minimum Gasteiger partial charge on any atom is -0.363 e. The zero-order valence-electron chi connectivity index (χ0n) is 7.84. The predicted molar refractivity (Wildman–Crippen MR) is 57.9 cm³/mol. The number of hydrogen-bond acceptors (Lipinski definition) is 5. The second kappa shape index (κ2) is 4.31. The minimum atomic E-state index is -0.312. The Labute approximate surface area is 92.4 Å². The van der Waals surface area contributed by atoms with Gasteiger partial charge in [0.2, 0.25) is 0 Å². The number of carbonyl (C=O) groups is 1. The first-order valence-corrected chi connectivity index (χ1v) is 4.95. The van der Waals surface area contributed by atoms with E-state index in [4.69, 9.17) is 0 Å². The molecule has 1 aliphatic rings. The van der Waals surface area contributed by atoms with E-state index >= 15 is 0 Å². The van der Waals surface area contributed by atoms with Gasteiger partial charge >= 0.3 is 0 Å². The van der Waals surface area contributed by atoms with E-state index in [1.54, 1.807) is 18.6 Å². The molecule has 6 heteroatoms. The van der Waals surface area contributed by atoms with Crippen LogP contribution in [-0.4, -0.2) is 21.4 Å². The Morgan fingerprint density at radius 2 is 2.13 bits per heavy atom. The Hall–Kier alpha value is -1.56. The van der Waals surface area contributed by atoms with Crippen LogP contribution in [0.5, 0.6) is 0 Å². The van der Waals surface area contributed by atoms with Crippen molar-refractivity contribution in [2.24, 2.45) is 0 Å². The van der Waals surface area contributed by atoms with Gasteiger partial charge in [0.25, 0.3) is 5.91 Å². The first-order chi connectivity index (χ1) is 7.25. The summed E-state index contributed by atoms with van der Waals surface area (Å²) in [6.45, 7) is 0. The summed E-state index contributed by atoms with van der Waals surface area (Å²) in [4.78, 5) is 19.3. The highest BCUT2D eigenvalue weighted by atomic mass is 32.1.